The lowest BCUT2D eigenvalue weighted by Crippen LogP contribution is -2.60. The van der Waals surface area contributed by atoms with Crippen molar-refractivity contribution in [1.29, 1.82) is 0 Å². The standard InChI is InChI=1S/C15H25N3O4.ClH/c1-11-13(16-4-10-21-11)15(20)18-7-5-17(6-8-18)14(19)12-3-2-9-22-12;/h11-13,16H,2-10H2,1H3;1H/t11-,12?,13+;/m1./s1. The Labute approximate surface area is 143 Å². The monoisotopic (exact) mass is 347 g/mol. The van der Waals surface area contributed by atoms with Crippen molar-refractivity contribution >= 4 is 24.2 Å². The van der Waals surface area contributed by atoms with E-state index >= 15 is 0 Å². The van der Waals surface area contributed by atoms with Gasteiger partial charge in [0.15, 0.2) is 0 Å². The van der Waals surface area contributed by atoms with E-state index in [0.717, 1.165) is 12.8 Å². The Balaban J connectivity index is 0.00000192. The highest BCUT2D eigenvalue weighted by Gasteiger charge is 2.35. The molecule has 0 aliphatic carbocycles. The lowest BCUT2D eigenvalue weighted by molar-refractivity contribution is -0.148. The van der Waals surface area contributed by atoms with Gasteiger partial charge in [0, 0.05) is 39.3 Å². The number of nitrogens with one attached hydrogen (secondary N) is 1. The maximum absolute atomic E-state index is 12.6. The van der Waals surface area contributed by atoms with Crippen LogP contribution in [0.25, 0.3) is 0 Å². The predicted molar refractivity (Wildman–Crippen MR) is 86.6 cm³/mol. The van der Waals surface area contributed by atoms with Gasteiger partial charge in [-0.1, -0.05) is 0 Å². The molecule has 1 N–H and O–H groups in total. The van der Waals surface area contributed by atoms with E-state index in [9.17, 15) is 9.59 Å². The molecule has 3 fully saturated rings. The molecule has 0 saturated carbocycles. The largest absolute Gasteiger partial charge is 0.375 e. The van der Waals surface area contributed by atoms with Crippen LogP contribution in [0.3, 0.4) is 0 Å². The molecule has 0 radical (unpaired) electrons. The molecule has 0 aromatic heterocycles. The predicted octanol–water partition coefficient (Wildman–Crippen LogP) is -0.365. The smallest absolute Gasteiger partial charge is 0.251 e. The van der Waals surface area contributed by atoms with Crippen LogP contribution in [-0.4, -0.2) is 85.8 Å². The second-order valence-electron chi connectivity index (χ2n) is 6.16. The zero-order valence-corrected chi connectivity index (χ0v) is 14.3. The molecule has 0 spiro atoms. The van der Waals surface area contributed by atoms with Gasteiger partial charge < -0.3 is 24.6 Å². The SMILES string of the molecule is C[C@H]1OCCN[C@@H]1C(=O)N1CCN(C(=O)C2CCCO2)CC1.Cl. The molecule has 3 aliphatic heterocycles. The van der Waals surface area contributed by atoms with E-state index in [4.69, 9.17) is 9.47 Å². The second kappa shape index (κ2) is 8.28. The van der Waals surface area contributed by atoms with Crippen molar-refractivity contribution < 1.29 is 19.1 Å². The Kier molecular flexibility index (Phi) is 6.64. The Morgan fingerprint density at radius 1 is 1.00 bits per heavy atom. The first kappa shape index (κ1) is 18.4. The molecular weight excluding hydrogens is 322 g/mol. The highest BCUT2D eigenvalue weighted by atomic mass is 35.5. The number of nitrogens with zero attached hydrogens (tertiary/aromatic N) is 2. The molecule has 132 valence electrons. The topological polar surface area (TPSA) is 71.1 Å². The number of piperazine rings is 1. The maximum Gasteiger partial charge on any atom is 0.251 e. The lowest BCUT2D eigenvalue weighted by Gasteiger charge is -2.39. The number of hydrogen-bond donors (Lipinski definition) is 1. The molecule has 7 nitrogen and oxygen atoms in total. The Hall–Kier alpha value is -0.890. The van der Waals surface area contributed by atoms with Gasteiger partial charge in [0.05, 0.1) is 12.7 Å². The summed E-state index contributed by atoms with van der Waals surface area (Å²) in [4.78, 5) is 28.5. The Morgan fingerprint density at radius 2 is 1.65 bits per heavy atom. The fourth-order valence-electron chi connectivity index (χ4n) is 3.33. The van der Waals surface area contributed by atoms with Crippen LogP contribution in [0.5, 0.6) is 0 Å². The summed E-state index contributed by atoms with van der Waals surface area (Å²) in [6.07, 6.45) is 1.40. The molecule has 0 aromatic carbocycles. The number of morpholine rings is 1. The second-order valence-corrected chi connectivity index (χ2v) is 6.16. The molecule has 23 heavy (non-hydrogen) atoms. The summed E-state index contributed by atoms with van der Waals surface area (Å²) in [5.74, 6) is 0.161. The molecule has 3 heterocycles. The maximum atomic E-state index is 12.6. The van der Waals surface area contributed by atoms with E-state index in [2.05, 4.69) is 5.32 Å². The van der Waals surface area contributed by atoms with Gasteiger partial charge in [0.1, 0.15) is 12.1 Å². The third kappa shape index (κ3) is 4.15. The van der Waals surface area contributed by atoms with Gasteiger partial charge in [-0.2, -0.15) is 0 Å². The first-order chi connectivity index (χ1) is 10.7. The molecule has 3 rings (SSSR count). The van der Waals surface area contributed by atoms with Crippen molar-refractivity contribution in [3.8, 4) is 0 Å². The first-order valence-corrected chi connectivity index (χ1v) is 8.21. The molecule has 3 atom stereocenters. The van der Waals surface area contributed by atoms with Crippen molar-refractivity contribution in [2.24, 2.45) is 0 Å². The van der Waals surface area contributed by atoms with E-state index in [1.807, 2.05) is 16.7 Å². The molecule has 0 bridgehead atoms. The van der Waals surface area contributed by atoms with E-state index in [1.54, 1.807) is 0 Å². The van der Waals surface area contributed by atoms with Crippen molar-refractivity contribution in [3.63, 3.8) is 0 Å². The highest BCUT2D eigenvalue weighted by molar-refractivity contribution is 5.85. The third-order valence-electron chi connectivity index (χ3n) is 4.69. The minimum Gasteiger partial charge on any atom is -0.375 e. The Bertz CT molecular complexity index is 423. The van der Waals surface area contributed by atoms with Gasteiger partial charge in [0.2, 0.25) is 5.91 Å². The summed E-state index contributed by atoms with van der Waals surface area (Å²) in [5.41, 5.74) is 0. The van der Waals surface area contributed by atoms with Gasteiger partial charge in [-0.3, -0.25) is 9.59 Å². The quantitative estimate of drug-likeness (QED) is 0.738. The minimum absolute atomic E-state index is 0. The van der Waals surface area contributed by atoms with Crippen LogP contribution in [0.2, 0.25) is 0 Å². The summed E-state index contributed by atoms with van der Waals surface area (Å²) in [5, 5.41) is 3.23. The van der Waals surface area contributed by atoms with E-state index in [1.165, 1.54) is 0 Å². The minimum atomic E-state index is -0.269. The average molecular weight is 348 g/mol. The van der Waals surface area contributed by atoms with Gasteiger partial charge in [-0.05, 0) is 19.8 Å². The molecular formula is C15H26ClN3O4. The fourth-order valence-corrected chi connectivity index (χ4v) is 3.33. The van der Waals surface area contributed by atoms with Crippen LogP contribution in [-0.2, 0) is 19.1 Å². The number of halogens is 1. The Morgan fingerprint density at radius 3 is 2.22 bits per heavy atom. The zero-order chi connectivity index (χ0) is 15.5. The molecule has 3 aliphatic rings. The van der Waals surface area contributed by atoms with Crippen molar-refractivity contribution in [2.45, 2.75) is 38.0 Å². The third-order valence-corrected chi connectivity index (χ3v) is 4.69. The molecule has 2 amide bonds. The summed E-state index contributed by atoms with van der Waals surface area (Å²) < 4.78 is 11.0. The highest BCUT2D eigenvalue weighted by Crippen LogP contribution is 2.17. The molecule has 3 saturated heterocycles. The number of amides is 2. The van der Waals surface area contributed by atoms with E-state index in [0.29, 0.717) is 45.9 Å². The van der Waals surface area contributed by atoms with Gasteiger partial charge in [-0.25, -0.2) is 0 Å². The fraction of sp³-hybridized carbons (Fsp3) is 0.867. The summed E-state index contributed by atoms with van der Waals surface area (Å²) in [6.45, 7) is 6.31. The van der Waals surface area contributed by atoms with Crippen LogP contribution in [0.15, 0.2) is 0 Å². The van der Waals surface area contributed by atoms with Crippen LogP contribution >= 0.6 is 12.4 Å². The van der Waals surface area contributed by atoms with Crippen LogP contribution in [0.1, 0.15) is 19.8 Å². The van der Waals surface area contributed by atoms with Crippen molar-refractivity contribution in [2.75, 3.05) is 45.9 Å². The lowest BCUT2D eigenvalue weighted by atomic mass is 10.1. The zero-order valence-electron chi connectivity index (χ0n) is 13.5. The van der Waals surface area contributed by atoms with E-state index in [-0.39, 0.29) is 42.5 Å². The number of carbonyl (C=O) groups excluding carboxylic acids is 2. The van der Waals surface area contributed by atoms with Gasteiger partial charge in [-0.15, -0.1) is 12.4 Å². The summed E-state index contributed by atoms with van der Waals surface area (Å²) in [6, 6.07) is -0.269. The van der Waals surface area contributed by atoms with Gasteiger partial charge in [0.25, 0.3) is 5.91 Å². The number of carbonyl (C=O) groups is 2. The molecule has 1 unspecified atom stereocenters. The van der Waals surface area contributed by atoms with Crippen LogP contribution < -0.4 is 5.32 Å². The molecule has 0 aromatic rings. The first-order valence-electron chi connectivity index (χ1n) is 8.21. The average Bonchev–Trinajstić information content (AvgIpc) is 3.09. The van der Waals surface area contributed by atoms with E-state index < -0.39 is 0 Å². The molecule has 8 heteroatoms. The summed E-state index contributed by atoms with van der Waals surface area (Å²) in [7, 11) is 0. The number of hydrogen-bond acceptors (Lipinski definition) is 5. The van der Waals surface area contributed by atoms with Crippen molar-refractivity contribution in [1.82, 2.24) is 15.1 Å². The normalized spacial score (nSPS) is 31.6. The van der Waals surface area contributed by atoms with Gasteiger partial charge >= 0.3 is 0 Å². The number of ether oxygens (including phenoxy) is 2. The van der Waals surface area contributed by atoms with Crippen LogP contribution in [0.4, 0.5) is 0 Å². The van der Waals surface area contributed by atoms with Crippen LogP contribution in [0, 0.1) is 0 Å². The number of rotatable bonds is 2. The van der Waals surface area contributed by atoms with Crippen molar-refractivity contribution in [3.05, 3.63) is 0 Å². The summed E-state index contributed by atoms with van der Waals surface area (Å²) >= 11 is 0.